The first-order chi connectivity index (χ1) is 11.4. The first-order valence-electron chi connectivity index (χ1n) is 8.10. The van der Waals surface area contributed by atoms with E-state index < -0.39 is 5.91 Å². The van der Waals surface area contributed by atoms with Gasteiger partial charge in [-0.15, -0.1) is 12.6 Å². The average molecular weight is 345 g/mol. The minimum atomic E-state index is -0.432. The van der Waals surface area contributed by atoms with E-state index in [4.69, 9.17) is 11.1 Å². The summed E-state index contributed by atoms with van der Waals surface area (Å²) in [7, 11) is 0. The molecule has 3 N–H and O–H groups in total. The lowest BCUT2D eigenvalue weighted by atomic mass is 9.99. The van der Waals surface area contributed by atoms with Crippen LogP contribution >= 0.6 is 12.6 Å². The Hall–Kier alpha value is -2.07. The summed E-state index contributed by atoms with van der Waals surface area (Å²) >= 11 is 4.04. The van der Waals surface area contributed by atoms with Gasteiger partial charge in [0.05, 0.1) is 0 Å². The minimum Gasteiger partial charge on any atom is -0.366 e. The van der Waals surface area contributed by atoms with Crippen LogP contribution < -0.4 is 5.73 Å². The van der Waals surface area contributed by atoms with E-state index >= 15 is 0 Å². The number of nitrogens with one attached hydrogen (secondary N) is 1. The molecule has 0 saturated carbocycles. The highest BCUT2D eigenvalue weighted by Gasteiger charge is 2.05. The Bertz CT molecular complexity index is 717. The van der Waals surface area contributed by atoms with Crippen molar-refractivity contribution in [3.63, 3.8) is 0 Å². The van der Waals surface area contributed by atoms with Gasteiger partial charge in [0, 0.05) is 16.8 Å². The molecule has 2 aromatic rings. The summed E-state index contributed by atoms with van der Waals surface area (Å²) < 4.78 is 0. The van der Waals surface area contributed by atoms with Gasteiger partial charge in [0.1, 0.15) is 0 Å². The van der Waals surface area contributed by atoms with E-state index in [9.17, 15) is 4.79 Å². The van der Waals surface area contributed by atoms with Crippen LogP contribution in [0.4, 0.5) is 0 Å². The molecule has 0 aliphatic carbocycles. The molecule has 0 unspecified atom stereocenters. The van der Waals surface area contributed by atoms with E-state index in [0.717, 1.165) is 27.7 Å². The molecule has 0 spiro atoms. The topological polar surface area (TPSA) is 66.9 Å². The fourth-order valence-corrected chi connectivity index (χ4v) is 2.24. The van der Waals surface area contributed by atoms with Crippen molar-refractivity contribution < 1.29 is 4.79 Å². The van der Waals surface area contributed by atoms with Crippen LogP contribution in [0.5, 0.6) is 0 Å². The lowest BCUT2D eigenvalue weighted by Crippen LogP contribution is -2.10. The number of thiol groups is 1. The van der Waals surface area contributed by atoms with Gasteiger partial charge in [-0.3, -0.25) is 4.79 Å². The monoisotopic (exact) mass is 344 g/mol. The van der Waals surface area contributed by atoms with E-state index in [-0.39, 0.29) is 0 Å². The van der Waals surface area contributed by atoms with Crippen molar-refractivity contribution in [3.05, 3.63) is 58.5 Å². The van der Waals surface area contributed by atoms with E-state index in [2.05, 4.69) is 25.6 Å². The summed E-state index contributed by atoms with van der Waals surface area (Å²) in [6, 6.07) is 11.0. The predicted molar refractivity (Wildman–Crippen MR) is 109 cm³/mol. The molecule has 0 fully saturated rings. The highest BCUT2D eigenvalue weighted by molar-refractivity contribution is 7.84. The van der Waals surface area contributed by atoms with Gasteiger partial charge < -0.3 is 11.1 Å². The Kier molecular flexibility index (Phi) is 10.5. The second-order valence-electron chi connectivity index (χ2n) is 4.98. The molecule has 0 bridgehead atoms. The smallest absolute Gasteiger partial charge is 0.248 e. The number of primary amides is 1. The lowest BCUT2D eigenvalue weighted by molar-refractivity contribution is 0.100. The number of carbonyl (C=O) groups excluding carboxylic acids is 1. The lowest BCUT2D eigenvalue weighted by Gasteiger charge is -2.05. The Morgan fingerprint density at radius 1 is 1.21 bits per heavy atom. The van der Waals surface area contributed by atoms with Gasteiger partial charge in [-0.2, -0.15) is 0 Å². The van der Waals surface area contributed by atoms with Crippen LogP contribution in [0, 0.1) is 5.41 Å². The van der Waals surface area contributed by atoms with Gasteiger partial charge in [0.25, 0.3) is 0 Å². The van der Waals surface area contributed by atoms with Crippen molar-refractivity contribution in [2.75, 3.05) is 0 Å². The number of amides is 1. The quantitative estimate of drug-likeness (QED) is 0.493. The molecular weight excluding hydrogens is 316 g/mol. The minimum absolute atomic E-state index is 0.432. The number of hydrogen-bond donors (Lipinski definition) is 3. The number of fused-ring (bicyclic) bond motifs is 1. The van der Waals surface area contributed by atoms with E-state index in [0.29, 0.717) is 11.3 Å². The molecule has 2 rings (SSSR count). The normalized spacial score (nSPS) is 10.2. The van der Waals surface area contributed by atoms with Crippen LogP contribution in [0.3, 0.4) is 0 Å². The van der Waals surface area contributed by atoms with Crippen molar-refractivity contribution in [2.24, 2.45) is 5.73 Å². The molecule has 2 aromatic carbocycles. The van der Waals surface area contributed by atoms with Gasteiger partial charge in [-0.1, -0.05) is 51.1 Å². The largest absolute Gasteiger partial charge is 0.366 e. The Labute approximate surface area is 150 Å². The summed E-state index contributed by atoms with van der Waals surface area (Å²) in [5.41, 5.74) is 7.11. The van der Waals surface area contributed by atoms with Crippen molar-refractivity contribution in [3.8, 4) is 0 Å². The molecule has 0 aromatic heterocycles. The molecule has 0 aliphatic rings. The number of rotatable bonds is 3. The van der Waals surface area contributed by atoms with Crippen LogP contribution in [0.25, 0.3) is 10.8 Å². The summed E-state index contributed by atoms with van der Waals surface area (Å²) in [6.45, 7) is 9.82. The predicted octanol–water partition coefficient (Wildman–Crippen LogP) is 5.58. The second kappa shape index (κ2) is 11.5. The third kappa shape index (κ3) is 7.01. The molecule has 0 aliphatic heterocycles. The zero-order chi connectivity index (χ0) is 18.7. The maximum Gasteiger partial charge on any atom is 0.248 e. The fourth-order valence-electron chi connectivity index (χ4n) is 2.06. The van der Waals surface area contributed by atoms with E-state index in [1.54, 1.807) is 19.1 Å². The van der Waals surface area contributed by atoms with Gasteiger partial charge in [0.2, 0.25) is 5.91 Å². The maximum atomic E-state index is 11.0. The summed E-state index contributed by atoms with van der Waals surface area (Å²) in [4.78, 5) is 12.2. The van der Waals surface area contributed by atoms with Crippen LogP contribution in [0.15, 0.2) is 47.4 Å². The second-order valence-corrected chi connectivity index (χ2v) is 5.69. The molecule has 0 atom stereocenters. The molecule has 0 heterocycles. The number of nitrogens with two attached hydrogens (primary N) is 1. The van der Waals surface area contributed by atoms with Crippen molar-refractivity contribution >= 4 is 35.0 Å². The first-order valence-corrected chi connectivity index (χ1v) is 8.55. The summed E-state index contributed by atoms with van der Waals surface area (Å²) in [6.07, 6.45) is 3.17. The average Bonchev–Trinajstić information content (AvgIpc) is 2.55. The molecular formula is C20H28N2OS. The standard InChI is InChI=1S/C13H12N2O.C5H10S.C2H6/c1-8(14)11-4-2-3-9-7-10(13(15)16)5-6-12(9)11;1-3-4-5(2)6;1-2/h2-7,14H,1H3,(H2,15,16);4,6H,3H2,1-2H3;1-2H3/b;5-4+;. The van der Waals surface area contributed by atoms with E-state index in [1.807, 2.05) is 45.0 Å². The van der Waals surface area contributed by atoms with Gasteiger partial charge >= 0.3 is 0 Å². The number of carbonyl (C=O) groups is 1. The molecule has 0 radical (unpaired) electrons. The van der Waals surface area contributed by atoms with Crippen LogP contribution in [0.2, 0.25) is 0 Å². The van der Waals surface area contributed by atoms with Crippen LogP contribution in [-0.4, -0.2) is 11.6 Å². The van der Waals surface area contributed by atoms with Crippen molar-refractivity contribution in [1.29, 1.82) is 5.41 Å². The highest BCUT2D eigenvalue weighted by Crippen LogP contribution is 2.20. The Balaban J connectivity index is 0.000000563. The molecule has 130 valence electrons. The zero-order valence-electron chi connectivity index (χ0n) is 15.2. The third-order valence-corrected chi connectivity index (χ3v) is 3.25. The molecule has 1 amide bonds. The van der Waals surface area contributed by atoms with Crippen molar-refractivity contribution in [1.82, 2.24) is 0 Å². The number of allylic oxidation sites excluding steroid dienone is 2. The van der Waals surface area contributed by atoms with Gasteiger partial charge in [-0.25, -0.2) is 0 Å². The van der Waals surface area contributed by atoms with Crippen molar-refractivity contribution in [2.45, 2.75) is 41.0 Å². The summed E-state index contributed by atoms with van der Waals surface area (Å²) in [5.74, 6) is -0.432. The molecule has 3 nitrogen and oxygen atoms in total. The van der Waals surface area contributed by atoms with Crippen LogP contribution in [0.1, 0.15) is 57.0 Å². The summed E-state index contributed by atoms with van der Waals surface area (Å²) in [5, 5.41) is 9.57. The molecule has 4 heteroatoms. The third-order valence-electron chi connectivity index (χ3n) is 3.07. The number of hydrogen-bond acceptors (Lipinski definition) is 3. The van der Waals surface area contributed by atoms with Gasteiger partial charge in [0.15, 0.2) is 0 Å². The molecule has 0 saturated heterocycles. The van der Waals surface area contributed by atoms with Gasteiger partial charge in [-0.05, 0) is 48.1 Å². The van der Waals surface area contributed by atoms with Crippen LogP contribution in [-0.2, 0) is 0 Å². The Morgan fingerprint density at radius 2 is 1.83 bits per heavy atom. The fraction of sp³-hybridized carbons (Fsp3) is 0.300. The molecule has 24 heavy (non-hydrogen) atoms. The maximum absolute atomic E-state index is 11.0. The first kappa shape index (κ1) is 21.9. The SMILES string of the molecule is CC.CC(=N)c1cccc2cc(C(N)=O)ccc12.CC/C=C(\C)S. The Morgan fingerprint density at radius 3 is 2.25 bits per heavy atom. The highest BCUT2D eigenvalue weighted by atomic mass is 32.1. The van der Waals surface area contributed by atoms with E-state index in [1.165, 1.54) is 0 Å². The zero-order valence-corrected chi connectivity index (χ0v) is 16.1. The number of benzene rings is 2.